The normalized spacial score (nSPS) is 19.6. The van der Waals surface area contributed by atoms with E-state index in [0.717, 1.165) is 31.8 Å². The standard InChI is InChI=1S/C14H22N2O2/c1-15(8-9-17)13-6-7-16(11-13)12-4-3-5-14(10-12)18-2/h3-5,10,13,17H,6-9,11H2,1-2H3. The van der Waals surface area contributed by atoms with Crippen LogP contribution in [0.2, 0.25) is 0 Å². The summed E-state index contributed by atoms with van der Waals surface area (Å²) < 4.78 is 5.26. The third-order valence-corrected chi connectivity index (χ3v) is 3.66. The Morgan fingerprint density at radius 1 is 1.50 bits per heavy atom. The second-order valence-corrected chi connectivity index (χ2v) is 4.79. The molecular weight excluding hydrogens is 228 g/mol. The van der Waals surface area contributed by atoms with Crippen LogP contribution < -0.4 is 9.64 Å². The minimum atomic E-state index is 0.228. The number of nitrogens with zero attached hydrogens (tertiary/aromatic N) is 2. The molecule has 1 aliphatic heterocycles. The number of methoxy groups -OCH3 is 1. The summed E-state index contributed by atoms with van der Waals surface area (Å²) in [5.41, 5.74) is 1.22. The maximum atomic E-state index is 8.98. The highest BCUT2D eigenvalue weighted by Crippen LogP contribution is 2.25. The van der Waals surface area contributed by atoms with Crippen molar-refractivity contribution in [2.24, 2.45) is 0 Å². The van der Waals surface area contributed by atoms with Crippen LogP contribution in [0.25, 0.3) is 0 Å². The summed E-state index contributed by atoms with van der Waals surface area (Å²) in [6.07, 6.45) is 1.15. The Hall–Kier alpha value is -1.26. The SMILES string of the molecule is COc1cccc(N2CCC(N(C)CCO)C2)c1. The minimum Gasteiger partial charge on any atom is -0.497 e. The Balaban J connectivity index is 1.99. The molecule has 1 saturated heterocycles. The number of ether oxygens (including phenoxy) is 1. The summed E-state index contributed by atoms with van der Waals surface area (Å²) in [5.74, 6) is 0.902. The lowest BCUT2D eigenvalue weighted by atomic mass is 10.2. The van der Waals surface area contributed by atoms with Crippen molar-refractivity contribution < 1.29 is 9.84 Å². The molecule has 1 unspecified atom stereocenters. The first-order valence-electron chi connectivity index (χ1n) is 6.44. The van der Waals surface area contributed by atoms with E-state index in [4.69, 9.17) is 9.84 Å². The number of aliphatic hydroxyl groups excluding tert-OH is 1. The molecule has 0 spiro atoms. The van der Waals surface area contributed by atoms with E-state index in [0.29, 0.717) is 6.04 Å². The van der Waals surface area contributed by atoms with Crippen LogP contribution in [0.3, 0.4) is 0 Å². The van der Waals surface area contributed by atoms with Crippen LogP contribution in [0, 0.1) is 0 Å². The minimum absolute atomic E-state index is 0.228. The second kappa shape index (κ2) is 6.07. The molecule has 1 atom stereocenters. The van der Waals surface area contributed by atoms with Crippen LogP contribution >= 0.6 is 0 Å². The number of rotatable bonds is 5. The van der Waals surface area contributed by atoms with Gasteiger partial charge in [-0.1, -0.05) is 6.07 Å². The van der Waals surface area contributed by atoms with Gasteiger partial charge in [0.2, 0.25) is 0 Å². The molecule has 1 aliphatic rings. The quantitative estimate of drug-likeness (QED) is 0.852. The predicted molar refractivity (Wildman–Crippen MR) is 73.3 cm³/mol. The second-order valence-electron chi connectivity index (χ2n) is 4.79. The third-order valence-electron chi connectivity index (χ3n) is 3.66. The Bertz CT molecular complexity index is 384. The lowest BCUT2D eigenvalue weighted by Gasteiger charge is -2.24. The zero-order valence-electron chi connectivity index (χ0n) is 11.2. The van der Waals surface area contributed by atoms with Gasteiger partial charge in [0, 0.05) is 37.4 Å². The van der Waals surface area contributed by atoms with Crippen LogP contribution in [-0.4, -0.2) is 56.4 Å². The van der Waals surface area contributed by atoms with Crippen molar-refractivity contribution in [3.8, 4) is 5.75 Å². The van der Waals surface area contributed by atoms with Gasteiger partial charge in [0.25, 0.3) is 0 Å². The number of hydrogen-bond acceptors (Lipinski definition) is 4. The molecule has 2 rings (SSSR count). The fourth-order valence-electron chi connectivity index (χ4n) is 2.48. The fourth-order valence-corrected chi connectivity index (χ4v) is 2.48. The summed E-state index contributed by atoms with van der Waals surface area (Å²) in [6.45, 7) is 3.06. The van der Waals surface area contributed by atoms with E-state index in [1.807, 2.05) is 12.1 Å². The summed E-state index contributed by atoms with van der Waals surface area (Å²) in [4.78, 5) is 4.61. The molecule has 0 saturated carbocycles. The van der Waals surface area contributed by atoms with Crippen LogP contribution in [0.1, 0.15) is 6.42 Å². The lowest BCUT2D eigenvalue weighted by Crippen LogP contribution is -2.36. The molecule has 1 N–H and O–H groups in total. The van der Waals surface area contributed by atoms with Crippen LogP contribution in [0.4, 0.5) is 5.69 Å². The van der Waals surface area contributed by atoms with Gasteiger partial charge in [-0.2, -0.15) is 0 Å². The Kier molecular flexibility index (Phi) is 4.44. The van der Waals surface area contributed by atoms with E-state index >= 15 is 0 Å². The predicted octanol–water partition coefficient (Wildman–Crippen LogP) is 1.20. The molecule has 4 nitrogen and oxygen atoms in total. The highest BCUT2D eigenvalue weighted by Gasteiger charge is 2.25. The average molecular weight is 250 g/mol. The Morgan fingerprint density at radius 3 is 3.06 bits per heavy atom. The van der Waals surface area contributed by atoms with Gasteiger partial charge in [-0.3, -0.25) is 4.90 Å². The molecule has 1 heterocycles. The molecule has 0 bridgehead atoms. The zero-order chi connectivity index (χ0) is 13.0. The summed E-state index contributed by atoms with van der Waals surface area (Å²) in [7, 11) is 3.77. The topological polar surface area (TPSA) is 35.9 Å². The Labute approximate surface area is 109 Å². The van der Waals surface area contributed by atoms with Gasteiger partial charge >= 0.3 is 0 Å². The molecule has 1 aromatic rings. The van der Waals surface area contributed by atoms with Gasteiger partial charge in [-0.15, -0.1) is 0 Å². The van der Waals surface area contributed by atoms with Gasteiger partial charge in [0.15, 0.2) is 0 Å². The van der Waals surface area contributed by atoms with Crippen LogP contribution in [-0.2, 0) is 0 Å². The molecule has 4 heteroatoms. The van der Waals surface area contributed by atoms with E-state index in [2.05, 4.69) is 29.0 Å². The first-order chi connectivity index (χ1) is 8.74. The number of hydrogen-bond donors (Lipinski definition) is 1. The van der Waals surface area contributed by atoms with E-state index in [1.54, 1.807) is 7.11 Å². The van der Waals surface area contributed by atoms with Crippen LogP contribution in [0.5, 0.6) is 5.75 Å². The summed E-state index contributed by atoms with van der Waals surface area (Å²) in [6, 6.07) is 8.72. The summed E-state index contributed by atoms with van der Waals surface area (Å²) in [5, 5.41) is 8.98. The molecule has 1 aromatic carbocycles. The lowest BCUT2D eigenvalue weighted by molar-refractivity contribution is 0.188. The van der Waals surface area contributed by atoms with Gasteiger partial charge in [0.1, 0.15) is 5.75 Å². The van der Waals surface area contributed by atoms with Crippen molar-refractivity contribution in [2.45, 2.75) is 12.5 Å². The van der Waals surface area contributed by atoms with E-state index in [-0.39, 0.29) is 6.61 Å². The highest BCUT2D eigenvalue weighted by atomic mass is 16.5. The maximum Gasteiger partial charge on any atom is 0.120 e. The number of benzene rings is 1. The number of aliphatic hydroxyl groups is 1. The molecule has 0 radical (unpaired) electrons. The molecular formula is C14H22N2O2. The average Bonchev–Trinajstić information content (AvgIpc) is 2.89. The monoisotopic (exact) mass is 250 g/mol. The number of anilines is 1. The first kappa shape index (κ1) is 13.2. The summed E-state index contributed by atoms with van der Waals surface area (Å²) >= 11 is 0. The van der Waals surface area contributed by atoms with E-state index in [1.165, 1.54) is 5.69 Å². The smallest absolute Gasteiger partial charge is 0.120 e. The van der Waals surface area contributed by atoms with Crippen molar-refractivity contribution in [1.29, 1.82) is 0 Å². The molecule has 18 heavy (non-hydrogen) atoms. The van der Waals surface area contributed by atoms with E-state index in [9.17, 15) is 0 Å². The van der Waals surface area contributed by atoms with Gasteiger partial charge in [-0.05, 0) is 25.6 Å². The maximum absolute atomic E-state index is 8.98. The van der Waals surface area contributed by atoms with Crippen molar-refractivity contribution >= 4 is 5.69 Å². The molecule has 0 aliphatic carbocycles. The third kappa shape index (κ3) is 2.94. The van der Waals surface area contributed by atoms with Gasteiger partial charge in [0.05, 0.1) is 13.7 Å². The molecule has 0 aromatic heterocycles. The number of likely N-dealkylation sites (N-methyl/N-ethyl adjacent to an activating group) is 1. The van der Waals surface area contributed by atoms with Crippen molar-refractivity contribution in [1.82, 2.24) is 4.90 Å². The largest absolute Gasteiger partial charge is 0.497 e. The van der Waals surface area contributed by atoms with Crippen molar-refractivity contribution in [3.63, 3.8) is 0 Å². The molecule has 1 fully saturated rings. The Morgan fingerprint density at radius 2 is 2.33 bits per heavy atom. The molecule has 0 amide bonds. The van der Waals surface area contributed by atoms with Crippen molar-refractivity contribution in [3.05, 3.63) is 24.3 Å². The van der Waals surface area contributed by atoms with Gasteiger partial charge in [-0.25, -0.2) is 0 Å². The fraction of sp³-hybridized carbons (Fsp3) is 0.571. The van der Waals surface area contributed by atoms with Crippen molar-refractivity contribution in [2.75, 3.05) is 45.3 Å². The highest BCUT2D eigenvalue weighted by molar-refractivity contribution is 5.51. The zero-order valence-corrected chi connectivity index (χ0v) is 11.2. The van der Waals surface area contributed by atoms with Crippen LogP contribution in [0.15, 0.2) is 24.3 Å². The molecule has 100 valence electrons. The van der Waals surface area contributed by atoms with Gasteiger partial charge < -0.3 is 14.7 Å². The van der Waals surface area contributed by atoms with E-state index < -0.39 is 0 Å². The first-order valence-corrected chi connectivity index (χ1v) is 6.44.